The predicted octanol–water partition coefficient (Wildman–Crippen LogP) is 3.64. The van der Waals surface area contributed by atoms with Crippen molar-refractivity contribution in [3.63, 3.8) is 0 Å². The third-order valence-corrected chi connectivity index (χ3v) is 8.25. The molecule has 1 saturated heterocycles. The molecule has 7 nitrogen and oxygen atoms in total. The molecule has 0 radical (unpaired) electrons. The maximum absolute atomic E-state index is 13.2. The van der Waals surface area contributed by atoms with E-state index in [0.29, 0.717) is 11.7 Å². The molecule has 0 saturated carbocycles. The molecule has 33 heavy (non-hydrogen) atoms. The largest absolute Gasteiger partial charge is 0.379 e. The first kappa shape index (κ1) is 25.6. The quantitative estimate of drug-likeness (QED) is 0.438. The molecule has 1 fully saturated rings. The van der Waals surface area contributed by atoms with Crippen molar-refractivity contribution >= 4 is 54.8 Å². The molecule has 2 heterocycles. The third-order valence-electron chi connectivity index (χ3n) is 5.46. The lowest BCUT2D eigenvalue weighted by molar-refractivity contribution is -0.118. The van der Waals surface area contributed by atoms with Gasteiger partial charge in [0, 0.05) is 32.6 Å². The summed E-state index contributed by atoms with van der Waals surface area (Å²) in [5, 5.41) is 0.621. The number of anilines is 1. The van der Waals surface area contributed by atoms with Gasteiger partial charge in [0.15, 0.2) is 15.0 Å². The van der Waals surface area contributed by atoms with Crippen LogP contribution in [-0.4, -0.2) is 69.4 Å². The van der Waals surface area contributed by atoms with E-state index in [-0.39, 0.29) is 35.4 Å². The Morgan fingerprint density at radius 3 is 2.48 bits per heavy atom. The summed E-state index contributed by atoms with van der Waals surface area (Å²) in [7, 11) is -3.52. The summed E-state index contributed by atoms with van der Waals surface area (Å²) >= 11 is 1.46. The summed E-state index contributed by atoms with van der Waals surface area (Å²) in [5.74, 6) is -0.439. The van der Waals surface area contributed by atoms with Crippen molar-refractivity contribution in [3.8, 4) is 0 Å². The van der Waals surface area contributed by atoms with Gasteiger partial charge in [-0.1, -0.05) is 41.7 Å². The summed E-state index contributed by atoms with van der Waals surface area (Å²) in [6, 6.07) is 16.0. The normalized spacial score (nSPS) is 14.7. The molecule has 0 atom stereocenters. The number of fused-ring (bicyclic) bond motifs is 1. The monoisotopic (exact) mass is 509 g/mol. The van der Waals surface area contributed by atoms with Crippen LogP contribution in [0.25, 0.3) is 10.2 Å². The minimum absolute atomic E-state index is 0. The molecule has 1 aliphatic rings. The Morgan fingerprint density at radius 1 is 1.06 bits per heavy atom. The fourth-order valence-electron chi connectivity index (χ4n) is 3.68. The van der Waals surface area contributed by atoms with Crippen molar-refractivity contribution in [3.05, 3.63) is 54.6 Å². The molecule has 178 valence electrons. The number of thiazole rings is 1. The smallest absolute Gasteiger partial charge is 0.229 e. The van der Waals surface area contributed by atoms with Gasteiger partial charge in [-0.15, -0.1) is 12.4 Å². The Morgan fingerprint density at radius 2 is 1.76 bits per heavy atom. The van der Waals surface area contributed by atoms with Gasteiger partial charge in [0.1, 0.15) is 0 Å². The van der Waals surface area contributed by atoms with Crippen LogP contribution in [0.15, 0.2) is 59.5 Å². The molecule has 1 amide bonds. The van der Waals surface area contributed by atoms with E-state index in [1.165, 1.54) is 11.3 Å². The molecular weight excluding hydrogens is 482 g/mol. The van der Waals surface area contributed by atoms with Crippen LogP contribution in [0.5, 0.6) is 0 Å². The summed E-state index contributed by atoms with van der Waals surface area (Å²) in [6.45, 7) is 4.62. The van der Waals surface area contributed by atoms with Crippen molar-refractivity contribution < 1.29 is 17.9 Å². The number of aromatic nitrogens is 1. The fourth-order valence-corrected chi connectivity index (χ4v) is 5.94. The number of nitrogens with zero attached hydrogens (tertiary/aromatic N) is 3. The van der Waals surface area contributed by atoms with Crippen molar-refractivity contribution in [2.24, 2.45) is 0 Å². The SMILES string of the molecule is Cl.O=C(CCS(=O)(=O)c1ccccc1)N(CCCN1CCOCC1)c1nc2ccccc2s1. The zero-order valence-electron chi connectivity index (χ0n) is 18.3. The van der Waals surface area contributed by atoms with Crippen LogP contribution in [0.3, 0.4) is 0 Å². The Hall–Kier alpha value is -2.04. The topological polar surface area (TPSA) is 79.8 Å². The number of carbonyl (C=O) groups is 1. The number of hydrogen-bond donors (Lipinski definition) is 0. The first-order valence-corrected chi connectivity index (χ1v) is 13.2. The molecule has 10 heteroatoms. The maximum Gasteiger partial charge on any atom is 0.229 e. The number of sulfone groups is 1. The van der Waals surface area contributed by atoms with E-state index >= 15 is 0 Å². The summed E-state index contributed by atoms with van der Waals surface area (Å²) in [5.41, 5.74) is 0.843. The maximum atomic E-state index is 13.2. The van der Waals surface area contributed by atoms with Gasteiger partial charge >= 0.3 is 0 Å². The molecular formula is C23H28ClN3O4S2. The lowest BCUT2D eigenvalue weighted by Crippen LogP contribution is -2.39. The Bertz CT molecular complexity index is 1120. The second-order valence-electron chi connectivity index (χ2n) is 7.70. The van der Waals surface area contributed by atoms with E-state index in [1.54, 1.807) is 35.2 Å². The number of amides is 1. The lowest BCUT2D eigenvalue weighted by Gasteiger charge is -2.27. The molecule has 3 aromatic rings. The van der Waals surface area contributed by atoms with Crippen LogP contribution in [0, 0.1) is 0 Å². The number of ether oxygens (including phenoxy) is 1. The second-order valence-corrected chi connectivity index (χ2v) is 10.8. The van der Waals surface area contributed by atoms with Gasteiger partial charge in [0.05, 0.1) is 34.1 Å². The summed E-state index contributed by atoms with van der Waals surface area (Å²) in [4.78, 5) is 22.0. The number of morpholine rings is 1. The van der Waals surface area contributed by atoms with Crippen molar-refractivity contribution in [1.29, 1.82) is 0 Å². The average molecular weight is 510 g/mol. The van der Waals surface area contributed by atoms with Gasteiger partial charge < -0.3 is 4.74 Å². The van der Waals surface area contributed by atoms with E-state index in [9.17, 15) is 13.2 Å². The highest BCUT2D eigenvalue weighted by atomic mass is 35.5. The minimum Gasteiger partial charge on any atom is -0.379 e. The first-order chi connectivity index (χ1) is 15.5. The zero-order valence-corrected chi connectivity index (χ0v) is 20.7. The third kappa shape index (κ3) is 6.74. The number of para-hydroxylation sites is 1. The zero-order chi connectivity index (χ0) is 22.4. The molecule has 0 aliphatic carbocycles. The van der Waals surface area contributed by atoms with E-state index < -0.39 is 9.84 Å². The number of hydrogen-bond acceptors (Lipinski definition) is 7. The molecule has 2 aromatic carbocycles. The fraction of sp³-hybridized carbons (Fsp3) is 0.391. The van der Waals surface area contributed by atoms with Crippen LogP contribution >= 0.6 is 23.7 Å². The van der Waals surface area contributed by atoms with Crippen LogP contribution in [-0.2, 0) is 19.4 Å². The van der Waals surface area contributed by atoms with Gasteiger partial charge in [-0.05, 0) is 30.7 Å². The molecule has 1 aromatic heterocycles. The number of rotatable bonds is 9. The highest BCUT2D eigenvalue weighted by Gasteiger charge is 2.23. The van der Waals surface area contributed by atoms with Gasteiger partial charge in [-0.25, -0.2) is 13.4 Å². The Balaban J connectivity index is 0.00000306. The number of benzene rings is 2. The average Bonchev–Trinajstić information content (AvgIpc) is 3.25. The van der Waals surface area contributed by atoms with Crippen LogP contribution in [0.4, 0.5) is 5.13 Å². The highest BCUT2D eigenvalue weighted by Crippen LogP contribution is 2.29. The van der Waals surface area contributed by atoms with E-state index in [2.05, 4.69) is 9.88 Å². The molecule has 1 aliphatic heterocycles. The van der Waals surface area contributed by atoms with Gasteiger partial charge in [-0.3, -0.25) is 14.6 Å². The first-order valence-electron chi connectivity index (χ1n) is 10.8. The van der Waals surface area contributed by atoms with Gasteiger partial charge in [-0.2, -0.15) is 0 Å². The Kier molecular flexibility index (Phi) is 9.22. The van der Waals surface area contributed by atoms with E-state index in [1.807, 2.05) is 24.3 Å². The van der Waals surface area contributed by atoms with E-state index in [4.69, 9.17) is 4.74 Å². The molecule has 4 rings (SSSR count). The lowest BCUT2D eigenvalue weighted by atomic mass is 10.3. The summed E-state index contributed by atoms with van der Waals surface area (Å²) in [6.07, 6.45) is 0.706. The molecule has 0 N–H and O–H groups in total. The summed E-state index contributed by atoms with van der Waals surface area (Å²) < 4.78 is 31.7. The van der Waals surface area contributed by atoms with Crippen molar-refractivity contribution in [1.82, 2.24) is 9.88 Å². The van der Waals surface area contributed by atoms with E-state index in [0.717, 1.165) is 49.5 Å². The Labute approximate surface area is 204 Å². The van der Waals surface area contributed by atoms with Crippen molar-refractivity contribution in [2.45, 2.75) is 17.7 Å². The second kappa shape index (κ2) is 11.9. The molecule has 0 spiro atoms. The molecule has 0 unspecified atom stereocenters. The molecule has 0 bridgehead atoms. The number of carbonyl (C=O) groups excluding carboxylic acids is 1. The minimum atomic E-state index is -3.52. The predicted molar refractivity (Wildman–Crippen MR) is 134 cm³/mol. The van der Waals surface area contributed by atoms with Crippen molar-refractivity contribution in [2.75, 3.05) is 50.0 Å². The van der Waals surface area contributed by atoms with Gasteiger partial charge in [0.25, 0.3) is 0 Å². The van der Waals surface area contributed by atoms with Crippen LogP contribution in [0.1, 0.15) is 12.8 Å². The number of halogens is 1. The standard InChI is InChI=1S/C23H27N3O4S2.ClH/c27-22(11-18-32(28,29)19-7-2-1-3-8-19)26(13-6-12-25-14-16-30-17-15-25)23-24-20-9-4-5-10-21(20)31-23;/h1-5,7-10H,6,11-18H2;1H. The highest BCUT2D eigenvalue weighted by molar-refractivity contribution is 7.91. The van der Waals surface area contributed by atoms with Gasteiger partial charge in [0.2, 0.25) is 5.91 Å². The van der Waals surface area contributed by atoms with Crippen LogP contribution < -0.4 is 4.90 Å². The van der Waals surface area contributed by atoms with Crippen LogP contribution in [0.2, 0.25) is 0 Å².